The minimum absolute atomic E-state index is 0.0107. The molecule has 0 aliphatic heterocycles. The molecule has 0 saturated carbocycles. The number of carbonyl (C=O) groups excluding carboxylic acids is 1. The minimum Gasteiger partial charge on any atom is -0.330 e. The van der Waals surface area contributed by atoms with Crippen molar-refractivity contribution < 1.29 is 4.79 Å². The number of nitrogens with two attached hydrogens (primary N) is 1. The molecule has 3 heteroatoms. The lowest BCUT2D eigenvalue weighted by Gasteiger charge is -2.13. The summed E-state index contributed by atoms with van der Waals surface area (Å²) in [5, 5.41) is 2.91. The summed E-state index contributed by atoms with van der Waals surface area (Å²) in [6.45, 7) is 6.77. The quantitative estimate of drug-likeness (QED) is 0.813. The van der Waals surface area contributed by atoms with E-state index in [1.165, 1.54) is 5.56 Å². The van der Waals surface area contributed by atoms with Gasteiger partial charge < -0.3 is 11.1 Å². The molecule has 0 fully saturated rings. The van der Waals surface area contributed by atoms with Gasteiger partial charge >= 0.3 is 0 Å². The van der Waals surface area contributed by atoms with Crippen molar-refractivity contribution in [2.45, 2.75) is 33.6 Å². The van der Waals surface area contributed by atoms with Gasteiger partial charge in [-0.2, -0.15) is 0 Å². The Morgan fingerprint density at radius 1 is 1.28 bits per heavy atom. The van der Waals surface area contributed by atoms with E-state index in [1.54, 1.807) is 0 Å². The molecule has 18 heavy (non-hydrogen) atoms. The van der Waals surface area contributed by atoms with Crippen LogP contribution < -0.4 is 11.1 Å². The molecule has 1 unspecified atom stereocenters. The SMILES string of the molecule is CCC(CN)C(=O)Nc1ccc(CC(C)C)cc1. The number of hydrogen-bond donors (Lipinski definition) is 2. The fourth-order valence-electron chi connectivity index (χ4n) is 1.90. The van der Waals surface area contributed by atoms with Crippen molar-refractivity contribution in [3.63, 3.8) is 0 Å². The second kappa shape index (κ2) is 7.17. The Labute approximate surface area is 110 Å². The Kier molecular flexibility index (Phi) is 5.86. The van der Waals surface area contributed by atoms with Gasteiger partial charge in [0.05, 0.1) is 5.92 Å². The van der Waals surface area contributed by atoms with Crippen molar-refractivity contribution in [2.75, 3.05) is 11.9 Å². The summed E-state index contributed by atoms with van der Waals surface area (Å²) < 4.78 is 0. The van der Waals surface area contributed by atoms with Crippen molar-refractivity contribution in [3.8, 4) is 0 Å². The zero-order chi connectivity index (χ0) is 13.5. The van der Waals surface area contributed by atoms with Crippen molar-refractivity contribution in [2.24, 2.45) is 17.6 Å². The summed E-state index contributed by atoms with van der Waals surface area (Å²) in [6.07, 6.45) is 1.84. The van der Waals surface area contributed by atoms with E-state index in [4.69, 9.17) is 5.73 Å². The molecule has 0 spiro atoms. The second-order valence-corrected chi connectivity index (χ2v) is 5.13. The summed E-state index contributed by atoms with van der Waals surface area (Å²) >= 11 is 0. The van der Waals surface area contributed by atoms with Gasteiger partial charge in [0.15, 0.2) is 0 Å². The normalized spacial score (nSPS) is 12.5. The van der Waals surface area contributed by atoms with E-state index in [0.29, 0.717) is 12.5 Å². The molecule has 1 rings (SSSR count). The fourth-order valence-corrected chi connectivity index (χ4v) is 1.90. The third kappa shape index (κ3) is 4.49. The van der Waals surface area contributed by atoms with E-state index in [2.05, 4.69) is 31.3 Å². The van der Waals surface area contributed by atoms with E-state index in [9.17, 15) is 4.79 Å². The molecule has 3 N–H and O–H groups in total. The molecule has 0 aliphatic carbocycles. The summed E-state index contributed by atoms with van der Waals surface area (Å²) in [5.41, 5.74) is 7.70. The van der Waals surface area contributed by atoms with Crippen LogP contribution in [0.2, 0.25) is 0 Å². The van der Waals surface area contributed by atoms with Crippen LogP contribution in [0.25, 0.3) is 0 Å². The highest BCUT2D eigenvalue weighted by Gasteiger charge is 2.14. The third-order valence-electron chi connectivity index (χ3n) is 3.01. The van der Waals surface area contributed by atoms with E-state index < -0.39 is 0 Å². The summed E-state index contributed by atoms with van der Waals surface area (Å²) in [5.74, 6) is 0.559. The lowest BCUT2D eigenvalue weighted by Crippen LogP contribution is -2.28. The van der Waals surface area contributed by atoms with Gasteiger partial charge in [-0.1, -0.05) is 32.9 Å². The van der Waals surface area contributed by atoms with Gasteiger partial charge in [0.1, 0.15) is 0 Å². The molecular formula is C15H24N2O. The van der Waals surface area contributed by atoms with E-state index in [0.717, 1.165) is 18.5 Å². The molecule has 1 aromatic rings. The third-order valence-corrected chi connectivity index (χ3v) is 3.01. The number of amides is 1. The Bertz CT molecular complexity index is 367. The van der Waals surface area contributed by atoms with Crippen LogP contribution in [-0.2, 0) is 11.2 Å². The van der Waals surface area contributed by atoms with Crippen LogP contribution in [0.4, 0.5) is 5.69 Å². The van der Waals surface area contributed by atoms with E-state index >= 15 is 0 Å². The molecule has 0 aromatic heterocycles. The average molecular weight is 248 g/mol. The van der Waals surface area contributed by atoms with E-state index in [1.807, 2.05) is 19.1 Å². The second-order valence-electron chi connectivity index (χ2n) is 5.13. The fraction of sp³-hybridized carbons (Fsp3) is 0.533. The maximum atomic E-state index is 11.8. The summed E-state index contributed by atoms with van der Waals surface area (Å²) in [7, 11) is 0. The lowest BCUT2D eigenvalue weighted by molar-refractivity contribution is -0.119. The monoisotopic (exact) mass is 248 g/mol. The molecule has 0 radical (unpaired) electrons. The highest BCUT2D eigenvalue weighted by Crippen LogP contribution is 2.14. The van der Waals surface area contributed by atoms with Crippen LogP contribution in [0.15, 0.2) is 24.3 Å². The number of anilines is 1. The van der Waals surface area contributed by atoms with Crippen LogP contribution in [0.5, 0.6) is 0 Å². The number of rotatable bonds is 6. The first-order chi connectivity index (χ1) is 8.56. The van der Waals surface area contributed by atoms with Gasteiger partial charge in [-0.3, -0.25) is 4.79 Å². The zero-order valence-corrected chi connectivity index (χ0v) is 11.6. The maximum absolute atomic E-state index is 11.8. The van der Waals surface area contributed by atoms with Gasteiger partial charge in [0.25, 0.3) is 0 Å². The number of hydrogen-bond acceptors (Lipinski definition) is 2. The first-order valence-electron chi connectivity index (χ1n) is 6.66. The first kappa shape index (κ1) is 14.7. The van der Waals surface area contributed by atoms with Gasteiger partial charge in [0.2, 0.25) is 5.91 Å². The number of carbonyl (C=O) groups is 1. The van der Waals surface area contributed by atoms with Gasteiger partial charge in [-0.15, -0.1) is 0 Å². The summed E-state index contributed by atoms with van der Waals surface area (Å²) in [4.78, 5) is 11.8. The molecule has 100 valence electrons. The highest BCUT2D eigenvalue weighted by atomic mass is 16.1. The van der Waals surface area contributed by atoms with E-state index in [-0.39, 0.29) is 11.8 Å². The van der Waals surface area contributed by atoms with Gasteiger partial charge in [-0.25, -0.2) is 0 Å². The van der Waals surface area contributed by atoms with Crippen LogP contribution >= 0.6 is 0 Å². The Hall–Kier alpha value is -1.35. The molecule has 1 aromatic carbocycles. The van der Waals surface area contributed by atoms with Crippen molar-refractivity contribution in [1.82, 2.24) is 0 Å². The molecular weight excluding hydrogens is 224 g/mol. The van der Waals surface area contributed by atoms with Crippen LogP contribution in [0.1, 0.15) is 32.8 Å². The zero-order valence-electron chi connectivity index (χ0n) is 11.6. The predicted octanol–water partition coefficient (Wildman–Crippen LogP) is 2.81. The Balaban J connectivity index is 2.60. The molecule has 1 atom stereocenters. The Morgan fingerprint density at radius 2 is 1.89 bits per heavy atom. The van der Waals surface area contributed by atoms with Crippen molar-refractivity contribution >= 4 is 11.6 Å². The molecule has 0 bridgehead atoms. The molecule has 0 heterocycles. The van der Waals surface area contributed by atoms with Crippen LogP contribution in [-0.4, -0.2) is 12.5 Å². The first-order valence-corrected chi connectivity index (χ1v) is 6.66. The number of nitrogens with one attached hydrogen (secondary N) is 1. The molecule has 1 amide bonds. The molecule has 3 nitrogen and oxygen atoms in total. The largest absolute Gasteiger partial charge is 0.330 e. The molecule has 0 saturated heterocycles. The average Bonchev–Trinajstić information content (AvgIpc) is 2.32. The molecule has 0 aliphatic rings. The standard InChI is InChI=1S/C15H24N2O/c1-4-13(10-16)15(18)17-14-7-5-12(6-8-14)9-11(2)3/h5-8,11,13H,4,9-10,16H2,1-3H3,(H,17,18). The minimum atomic E-state index is -0.0969. The lowest BCUT2D eigenvalue weighted by atomic mass is 10.0. The van der Waals surface area contributed by atoms with Crippen molar-refractivity contribution in [1.29, 1.82) is 0 Å². The maximum Gasteiger partial charge on any atom is 0.228 e. The van der Waals surface area contributed by atoms with Crippen LogP contribution in [0.3, 0.4) is 0 Å². The Morgan fingerprint density at radius 3 is 2.33 bits per heavy atom. The summed E-state index contributed by atoms with van der Waals surface area (Å²) in [6, 6.07) is 8.05. The topological polar surface area (TPSA) is 55.1 Å². The highest BCUT2D eigenvalue weighted by molar-refractivity contribution is 5.92. The smallest absolute Gasteiger partial charge is 0.228 e. The van der Waals surface area contributed by atoms with Gasteiger partial charge in [-0.05, 0) is 36.5 Å². The predicted molar refractivity (Wildman–Crippen MR) is 76.4 cm³/mol. The number of benzene rings is 1. The van der Waals surface area contributed by atoms with Crippen LogP contribution in [0, 0.1) is 11.8 Å². The van der Waals surface area contributed by atoms with Gasteiger partial charge in [0, 0.05) is 12.2 Å². The van der Waals surface area contributed by atoms with Crippen molar-refractivity contribution in [3.05, 3.63) is 29.8 Å².